The van der Waals surface area contributed by atoms with E-state index in [1.807, 2.05) is 44.2 Å². The molecule has 0 unspecified atom stereocenters. The maximum atomic E-state index is 13.0. The molecule has 1 amide bonds. The van der Waals surface area contributed by atoms with Crippen molar-refractivity contribution in [2.75, 3.05) is 5.32 Å². The van der Waals surface area contributed by atoms with E-state index >= 15 is 0 Å². The zero-order valence-corrected chi connectivity index (χ0v) is 14.8. The zero-order chi connectivity index (χ0) is 18.0. The molecule has 0 aliphatic carbocycles. The summed E-state index contributed by atoms with van der Waals surface area (Å²) in [6.45, 7) is 3.76. The number of aryl methyl sites for hydroxylation is 1. The molecule has 0 radical (unpaired) electrons. The van der Waals surface area contributed by atoms with Crippen molar-refractivity contribution in [1.29, 1.82) is 0 Å². The van der Waals surface area contributed by atoms with Crippen LogP contribution in [0.2, 0.25) is 0 Å². The number of phenolic OH excluding ortho intramolecular Hbond substituents is 1. The first-order chi connectivity index (χ1) is 12.0. The second kappa shape index (κ2) is 6.94. The van der Waals surface area contributed by atoms with Crippen LogP contribution in [-0.2, 0) is 4.79 Å². The predicted molar refractivity (Wildman–Crippen MR) is 102 cm³/mol. The number of allylic oxidation sites excluding steroid dienone is 1. The molecule has 6 heteroatoms. The van der Waals surface area contributed by atoms with E-state index < -0.39 is 6.04 Å². The van der Waals surface area contributed by atoms with Gasteiger partial charge in [-0.15, -0.1) is 0 Å². The maximum absolute atomic E-state index is 13.0. The molecule has 0 spiro atoms. The third kappa shape index (κ3) is 3.64. The number of thiocarbonyl (C=S) groups is 1. The van der Waals surface area contributed by atoms with Crippen LogP contribution in [0.5, 0.6) is 5.75 Å². The van der Waals surface area contributed by atoms with Gasteiger partial charge in [-0.3, -0.25) is 4.79 Å². The minimum Gasteiger partial charge on any atom is -0.508 e. The normalized spacial score (nSPS) is 16.9. The Morgan fingerprint density at radius 1 is 1.16 bits per heavy atom. The standard InChI is InChI=1S/C19H19N3O2S/c1-11-6-3-4-9-15(11)21-18(24)16-12(2)20-19(25)22-17(16)13-7-5-8-14(23)10-13/h3-10,17,23H,1-2H3,(H,21,24)(H2,20,22,25)/t17-/m0/s1. The molecule has 0 fully saturated rings. The summed E-state index contributed by atoms with van der Waals surface area (Å²) in [6, 6.07) is 14.0. The van der Waals surface area contributed by atoms with E-state index in [0.29, 0.717) is 16.4 Å². The molecule has 0 saturated heterocycles. The highest BCUT2D eigenvalue weighted by Gasteiger charge is 2.30. The topological polar surface area (TPSA) is 73.4 Å². The molecular weight excluding hydrogens is 334 g/mol. The molecule has 25 heavy (non-hydrogen) atoms. The van der Waals surface area contributed by atoms with Gasteiger partial charge < -0.3 is 21.1 Å². The Morgan fingerprint density at radius 2 is 1.92 bits per heavy atom. The van der Waals surface area contributed by atoms with Crippen LogP contribution >= 0.6 is 12.2 Å². The first-order valence-electron chi connectivity index (χ1n) is 7.90. The van der Waals surface area contributed by atoms with Gasteiger partial charge >= 0.3 is 0 Å². The summed E-state index contributed by atoms with van der Waals surface area (Å²) in [5.74, 6) is -0.0808. The van der Waals surface area contributed by atoms with Crippen molar-refractivity contribution in [1.82, 2.24) is 10.6 Å². The average molecular weight is 353 g/mol. The molecule has 1 heterocycles. The Bertz CT molecular complexity index is 876. The first kappa shape index (κ1) is 17.0. The molecule has 3 rings (SSSR count). The molecule has 1 aliphatic heterocycles. The lowest BCUT2D eigenvalue weighted by Crippen LogP contribution is -2.45. The van der Waals surface area contributed by atoms with Crippen LogP contribution in [0.3, 0.4) is 0 Å². The Balaban J connectivity index is 1.97. The second-order valence-electron chi connectivity index (χ2n) is 5.93. The van der Waals surface area contributed by atoms with E-state index in [-0.39, 0.29) is 11.7 Å². The summed E-state index contributed by atoms with van der Waals surface area (Å²) < 4.78 is 0. The summed E-state index contributed by atoms with van der Waals surface area (Å²) in [5.41, 5.74) is 3.72. The number of anilines is 1. The molecule has 4 N–H and O–H groups in total. The molecule has 0 saturated carbocycles. The van der Waals surface area contributed by atoms with E-state index in [1.54, 1.807) is 18.2 Å². The Kier molecular flexibility index (Phi) is 4.72. The van der Waals surface area contributed by atoms with Crippen molar-refractivity contribution >= 4 is 28.9 Å². The summed E-state index contributed by atoms with van der Waals surface area (Å²) in [4.78, 5) is 13.0. The second-order valence-corrected chi connectivity index (χ2v) is 6.34. The number of amides is 1. The fourth-order valence-corrected chi connectivity index (χ4v) is 3.12. The average Bonchev–Trinajstić information content (AvgIpc) is 2.56. The molecule has 5 nitrogen and oxygen atoms in total. The van der Waals surface area contributed by atoms with Gasteiger partial charge in [-0.1, -0.05) is 30.3 Å². The van der Waals surface area contributed by atoms with Crippen molar-refractivity contribution in [3.8, 4) is 5.75 Å². The highest BCUT2D eigenvalue weighted by Crippen LogP contribution is 2.29. The number of carbonyl (C=O) groups is 1. The number of hydrogen-bond acceptors (Lipinski definition) is 3. The third-order valence-electron chi connectivity index (χ3n) is 4.11. The number of carbonyl (C=O) groups excluding carboxylic acids is 1. The van der Waals surface area contributed by atoms with Gasteiger partial charge in [0.2, 0.25) is 0 Å². The molecule has 1 aliphatic rings. The minimum atomic E-state index is -0.440. The van der Waals surface area contributed by atoms with Gasteiger partial charge in [0.15, 0.2) is 5.11 Å². The van der Waals surface area contributed by atoms with Crippen LogP contribution in [0.1, 0.15) is 24.1 Å². The number of rotatable bonds is 3. The summed E-state index contributed by atoms with van der Waals surface area (Å²) in [5, 5.41) is 19.3. The van der Waals surface area contributed by atoms with Gasteiger partial charge in [0.1, 0.15) is 5.75 Å². The van der Waals surface area contributed by atoms with Crippen molar-refractivity contribution < 1.29 is 9.90 Å². The number of hydrogen-bond donors (Lipinski definition) is 4. The quantitative estimate of drug-likeness (QED) is 0.638. The van der Waals surface area contributed by atoms with Crippen LogP contribution in [0.4, 0.5) is 5.69 Å². The van der Waals surface area contributed by atoms with Crippen LogP contribution in [-0.4, -0.2) is 16.1 Å². The smallest absolute Gasteiger partial charge is 0.255 e. The van der Waals surface area contributed by atoms with Crippen molar-refractivity contribution in [3.63, 3.8) is 0 Å². The highest BCUT2D eigenvalue weighted by atomic mass is 32.1. The molecule has 1 atom stereocenters. The van der Waals surface area contributed by atoms with E-state index in [4.69, 9.17) is 12.2 Å². The van der Waals surface area contributed by atoms with Gasteiger partial charge in [0, 0.05) is 11.4 Å². The fraction of sp³-hybridized carbons (Fsp3) is 0.158. The van der Waals surface area contributed by atoms with E-state index in [2.05, 4.69) is 16.0 Å². The van der Waals surface area contributed by atoms with Crippen molar-refractivity contribution in [3.05, 3.63) is 70.9 Å². The number of para-hydroxylation sites is 1. The van der Waals surface area contributed by atoms with E-state index in [9.17, 15) is 9.90 Å². The molecule has 2 aromatic carbocycles. The molecule has 128 valence electrons. The van der Waals surface area contributed by atoms with E-state index in [1.165, 1.54) is 0 Å². The lowest BCUT2D eigenvalue weighted by molar-refractivity contribution is -0.113. The summed E-state index contributed by atoms with van der Waals surface area (Å²) in [7, 11) is 0. The van der Waals surface area contributed by atoms with E-state index in [0.717, 1.165) is 16.8 Å². The summed E-state index contributed by atoms with van der Waals surface area (Å²) in [6.07, 6.45) is 0. The maximum Gasteiger partial charge on any atom is 0.255 e. The fourth-order valence-electron chi connectivity index (χ4n) is 2.85. The van der Waals surface area contributed by atoms with Crippen LogP contribution in [0, 0.1) is 6.92 Å². The van der Waals surface area contributed by atoms with Gasteiger partial charge in [0.25, 0.3) is 5.91 Å². The zero-order valence-electron chi connectivity index (χ0n) is 14.0. The molecular formula is C19H19N3O2S. The van der Waals surface area contributed by atoms with Crippen LogP contribution in [0.15, 0.2) is 59.8 Å². The lowest BCUT2D eigenvalue weighted by Gasteiger charge is -2.30. The minimum absolute atomic E-state index is 0.139. The molecule has 0 bridgehead atoms. The van der Waals surface area contributed by atoms with Crippen LogP contribution in [0.25, 0.3) is 0 Å². The number of benzene rings is 2. The molecule has 2 aromatic rings. The molecule has 0 aromatic heterocycles. The largest absolute Gasteiger partial charge is 0.508 e. The highest BCUT2D eigenvalue weighted by molar-refractivity contribution is 7.80. The van der Waals surface area contributed by atoms with Crippen LogP contribution < -0.4 is 16.0 Å². The van der Waals surface area contributed by atoms with Gasteiger partial charge in [-0.2, -0.15) is 0 Å². The lowest BCUT2D eigenvalue weighted by atomic mass is 9.94. The van der Waals surface area contributed by atoms with Gasteiger partial charge in [-0.25, -0.2) is 0 Å². The predicted octanol–water partition coefficient (Wildman–Crippen LogP) is 3.13. The number of nitrogens with one attached hydrogen (secondary N) is 3. The SMILES string of the molecule is CC1=C(C(=O)Nc2ccccc2C)[C@H](c2cccc(O)c2)NC(=S)N1. The van der Waals surface area contributed by atoms with Gasteiger partial charge in [-0.05, 0) is 55.4 Å². The summed E-state index contributed by atoms with van der Waals surface area (Å²) >= 11 is 5.23. The monoisotopic (exact) mass is 353 g/mol. The third-order valence-corrected chi connectivity index (χ3v) is 4.33. The van der Waals surface area contributed by atoms with Gasteiger partial charge in [0.05, 0.1) is 11.6 Å². The Morgan fingerprint density at radius 3 is 2.64 bits per heavy atom. The number of phenols is 1. The first-order valence-corrected chi connectivity index (χ1v) is 8.30. The van der Waals surface area contributed by atoms with Crippen molar-refractivity contribution in [2.45, 2.75) is 19.9 Å². The number of aromatic hydroxyl groups is 1. The van der Waals surface area contributed by atoms with Crippen molar-refractivity contribution in [2.24, 2.45) is 0 Å². The Labute approximate surface area is 151 Å². The Hall–Kier alpha value is -2.86.